The predicted octanol–water partition coefficient (Wildman–Crippen LogP) is 3.61. The largest absolute Gasteiger partial charge is 0.0597 e. The zero-order valence-electron chi connectivity index (χ0n) is 7.83. The zero-order valence-corrected chi connectivity index (χ0v) is 7.83. The molecule has 10 heavy (non-hydrogen) atoms. The molecule has 0 heterocycles. The molecule has 0 radical (unpaired) electrons. The van der Waals surface area contributed by atoms with Gasteiger partial charge in [-0.2, -0.15) is 0 Å². The molecule has 0 N–H and O–H groups in total. The molecule has 0 aromatic rings. The second-order valence-electron chi connectivity index (χ2n) is 5.02. The van der Waals surface area contributed by atoms with Crippen molar-refractivity contribution in [1.82, 2.24) is 0 Å². The maximum absolute atomic E-state index is 2.44. The van der Waals surface area contributed by atoms with E-state index in [1.807, 2.05) is 0 Å². The number of hydrogen-bond donors (Lipinski definition) is 0. The van der Waals surface area contributed by atoms with Crippen molar-refractivity contribution >= 4 is 0 Å². The molecule has 0 aromatic carbocycles. The summed E-state index contributed by atoms with van der Waals surface area (Å²) >= 11 is 0. The summed E-state index contributed by atoms with van der Waals surface area (Å²) in [5.41, 5.74) is 1.15. The molecule has 60 valence electrons. The van der Waals surface area contributed by atoms with Gasteiger partial charge in [-0.25, -0.2) is 0 Å². The van der Waals surface area contributed by atoms with E-state index in [0.29, 0.717) is 10.8 Å². The normalized spacial score (nSPS) is 25.2. The Bertz CT molecular complexity index is 110. The lowest BCUT2D eigenvalue weighted by Gasteiger charge is -2.38. The van der Waals surface area contributed by atoms with Gasteiger partial charge in [0, 0.05) is 0 Å². The van der Waals surface area contributed by atoms with Crippen LogP contribution < -0.4 is 0 Å². The van der Waals surface area contributed by atoms with Crippen molar-refractivity contribution in [3.8, 4) is 0 Å². The van der Waals surface area contributed by atoms with Gasteiger partial charge < -0.3 is 0 Å². The monoisotopic (exact) mass is 140 g/mol. The van der Waals surface area contributed by atoms with Crippen molar-refractivity contribution in [2.75, 3.05) is 0 Å². The lowest BCUT2D eigenvalue weighted by molar-refractivity contribution is 0.117. The van der Waals surface area contributed by atoms with Gasteiger partial charge in [0.25, 0.3) is 0 Å². The first-order valence-corrected chi connectivity index (χ1v) is 4.46. The summed E-state index contributed by atoms with van der Waals surface area (Å²) in [7, 11) is 0. The topological polar surface area (TPSA) is 0 Å². The summed E-state index contributed by atoms with van der Waals surface area (Å²) in [4.78, 5) is 0. The molecule has 0 bridgehead atoms. The van der Waals surface area contributed by atoms with E-state index >= 15 is 0 Å². The lowest BCUT2D eigenvalue weighted by Crippen LogP contribution is -2.29. The Morgan fingerprint density at radius 1 is 1.00 bits per heavy atom. The van der Waals surface area contributed by atoms with Crippen LogP contribution in [0, 0.1) is 10.8 Å². The molecule has 0 heteroatoms. The van der Waals surface area contributed by atoms with Gasteiger partial charge in [0.05, 0.1) is 0 Å². The van der Waals surface area contributed by atoms with Crippen LogP contribution in [0.4, 0.5) is 0 Å². The average Bonchev–Trinajstić information content (AvgIpc) is 2.13. The molecule has 0 amide bonds. The van der Waals surface area contributed by atoms with Gasteiger partial charge in [-0.15, -0.1) is 0 Å². The molecule has 1 aliphatic rings. The van der Waals surface area contributed by atoms with Gasteiger partial charge in [-0.05, 0) is 23.7 Å². The summed E-state index contributed by atoms with van der Waals surface area (Å²) in [5, 5.41) is 0. The SMILES string of the molecule is CC(C)(C)C1(C)CCCC1. The van der Waals surface area contributed by atoms with Crippen LogP contribution in [0.5, 0.6) is 0 Å². The van der Waals surface area contributed by atoms with Crippen LogP contribution in [0.25, 0.3) is 0 Å². The molecule has 1 aliphatic carbocycles. The average molecular weight is 140 g/mol. The minimum Gasteiger partial charge on any atom is -0.0597 e. The van der Waals surface area contributed by atoms with Crippen LogP contribution in [0.15, 0.2) is 0 Å². The molecule has 0 saturated heterocycles. The summed E-state index contributed by atoms with van der Waals surface area (Å²) in [6, 6.07) is 0. The van der Waals surface area contributed by atoms with Crippen LogP contribution >= 0.6 is 0 Å². The van der Waals surface area contributed by atoms with Gasteiger partial charge in [0.2, 0.25) is 0 Å². The van der Waals surface area contributed by atoms with Gasteiger partial charge in [0.1, 0.15) is 0 Å². The minimum atomic E-state index is 0.517. The molecule has 1 rings (SSSR count). The molecular formula is C10H20. The Balaban J connectivity index is 2.67. The Kier molecular flexibility index (Phi) is 1.82. The first-order valence-electron chi connectivity index (χ1n) is 4.46. The molecule has 0 aliphatic heterocycles. The smallest absolute Gasteiger partial charge is 0.0277 e. The predicted molar refractivity (Wildman–Crippen MR) is 46.0 cm³/mol. The van der Waals surface area contributed by atoms with Crippen LogP contribution in [-0.4, -0.2) is 0 Å². The highest BCUT2D eigenvalue weighted by Gasteiger charge is 2.39. The maximum atomic E-state index is 2.44. The second kappa shape index (κ2) is 2.25. The van der Waals surface area contributed by atoms with E-state index in [-0.39, 0.29) is 0 Å². The molecule has 0 aromatic heterocycles. The van der Waals surface area contributed by atoms with E-state index in [9.17, 15) is 0 Å². The minimum absolute atomic E-state index is 0.517. The van der Waals surface area contributed by atoms with Crippen LogP contribution in [-0.2, 0) is 0 Å². The molecule has 1 fully saturated rings. The number of hydrogen-bond acceptors (Lipinski definition) is 0. The quantitative estimate of drug-likeness (QED) is 0.482. The van der Waals surface area contributed by atoms with Crippen LogP contribution in [0.1, 0.15) is 53.4 Å². The lowest BCUT2D eigenvalue weighted by atomic mass is 9.67. The molecule has 0 atom stereocenters. The van der Waals surface area contributed by atoms with Crippen molar-refractivity contribution in [3.05, 3.63) is 0 Å². The first kappa shape index (κ1) is 8.10. The highest BCUT2D eigenvalue weighted by Crippen LogP contribution is 2.50. The molecular weight excluding hydrogens is 120 g/mol. The van der Waals surface area contributed by atoms with Gasteiger partial charge >= 0.3 is 0 Å². The fraction of sp³-hybridized carbons (Fsp3) is 1.00. The maximum Gasteiger partial charge on any atom is -0.0277 e. The Morgan fingerprint density at radius 2 is 1.40 bits per heavy atom. The third-order valence-corrected chi connectivity index (χ3v) is 3.52. The standard InChI is InChI=1S/C10H20/c1-9(2,3)10(4)7-5-6-8-10/h5-8H2,1-4H3. The van der Waals surface area contributed by atoms with E-state index in [0.717, 1.165) is 0 Å². The van der Waals surface area contributed by atoms with E-state index in [4.69, 9.17) is 0 Å². The Labute approximate surface area is 65.0 Å². The summed E-state index contributed by atoms with van der Waals surface area (Å²) in [6.07, 6.45) is 5.79. The molecule has 0 spiro atoms. The third-order valence-electron chi connectivity index (χ3n) is 3.52. The highest BCUT2D eigenvalue weighted by molar-refractivity contribution is 4.89. The van der Waals surface area contributed by atoms with E-state index in [1.54, 1.807) is 0 Å². The number of rotatable bonds is 0. The fourth-order valence-corrected chi connectivity index (χ4v) is 1.91. The van der Waals surface area contributed by atoms with Crippen LogP contribution in [0.2, 0.25) is 0 Å². The van der Waals surface area contributed by atoms with Gasteiger partial charge in [-0.3, -0.25) is 0 Å². The molecule has 0 unspecified atom stereocenters. The van der Waals surface area contributed by atoms with Crippen molar-refractivity contribution in [2.24, 2.45) is 10.8 Å². The first-order chi connectivity index (χ1) is 4.46. The molecule has 0 nitrogen and oxygen atoms in total. The summed E-state index contributed by atoms with van der Waals surface area (Å²) in [5.74, 6) is 0. The van der Waals surface area contributed by atoms with Crippen molar-refractivity contribution in [1.29, 1.82) is 0 Å². The highest BCUT2D eigenvalue weighted by atomic mass is 14.4. The van der Waals surface area contributed by atoms with Gasteiger partial charge in [0.15, 0.2) is 0 Å². The van der Waals surface area contributed by atoms with E-state index in [2.05, 4.69) is 27.7 Å². The zero-order chi connectivity index (χ0) is 7.83. The van der Waals surface area contributed by atoms with Crippen LogP contribution in [0.3, 0.4) is 0 Å². The second-order valence-corrected chi connectivity index (χ2v) is 5.02. The Hall–Kier alpha value is 0. The molecule has 1 saturated carbocycles. The van der Waals surface area contributed by atoms with Crippen molar-refractivity contribution in [2.45, 2.75) is 53.4 Å². The summed E-state index contributed by atoms with van der Waals surface area (Å²) < 4.78 is 0. The summed E-state index contributed by atoms with van der Waals surface area (Å²) in [6.45, 7) is 9.56. The third kappa shape index (κ3) is 1.21. The van der Waals surface area contributed by atoms with Crippen molar-refractivity contribution in [3.63, 3.8) is 0 Å². The van der Waals surface area contributed by atoms with E-state index < -0.39 is 0 Å². The van der Waals surface area contributed by atoms with E-state index in [1.165, 1.54) is 25.7 Å². The Morgan fingerprint density at radius 3 is 1.60 bits per heavy atom. The van der Waals surface area contributed by atoms with Crippen molar-refractivity contribution < 1.29 is 0 Å². The fourth-order valence-electron chi connectivity index (χ4n) is 1.91. The van der Waals surface area contributed by atoms with Gasteiger partial charge in [-0.1, -0.05) is 40.5 Å².